The van der Waals surface area contributed by atoms with Gasteiger partial charge in [0.25, 0.3) is 0 Å². The van der Waals surface area contributed by atoms with E-state index in [1.165, 1.54) is 0 Å². The SMILES string of the molecule is C=CCSCCNC(=O)[C@H](N)Cc1ccccc1. The molecule has 0 aliphatic rings. The van der Waals surface area contributed by atoms with Gasteiger partial charge >= 0.3 is 0 Å². The van der Waals surface area contributed by atoms with Crippen molar-refractivity contribution in [2.45, 2.75) is 12.5 Å². The van der Waals surface area contributed by atoms with Crippen molar-refractivity contribution in [2.75, 3.05) is 18.1 Å². The summed E-state index contributed by atoms with van der Waals surface area (Å²) in [5.41, 5.74) is 6.94. The molecule has 0 unspecified atom stereocenters. The molecule has 4 heteroatoms. The molecule has 0 saturated carbocycles. The molecule has 98 valence electrons. The van der Waals surface area contributed by atoms with Crippen LogP contribution >= 0.6 is 11.8 Å². The molecule has 0 radical (unpaired) electrons. The monoisotopic (exact) mass is 264 g/mol. The summed E-state index contributed by atoms with van der Waals surface area (Å²) in [5, 5.41) is 2.84. The first-order valence-electron chi connectivity index (χ1n) is 6.00. The van der Waals surface area contributed by atoms with Crippen LogP contribution in [0.4, 0.5) is 0 Å². The van der Waals surface area contributed by atoms with Crippen LogP contribution < -0.4 is 11.1 Å². The Morgan fingerprint density at radius 1 is 1.44 bits per heavy atom. The number of carbonyl (C=O) groups excluding carboxylic acids is 1. The average Bonchev–Trinajstić information content (AvgIpc) is 2.39. The summed E-state index contributed by atoms with van der Waals surface area (Å²) in [6, 6.07) is 9.33. The van der Waals surface area contributed by atoms with Crippen molar-refractivity contribution in [2.24, 2.45) is 5.73 Å². The third-order valence-electron chi connectivity index (χ3n) is 2.42. The maximum absolute atomic E-state index is 11.7. The highest BCUT2D eigenvalue weighted by atomic mass is 32.2. The van der Waals surface area contributed by atoms with Crippen LogP contribution in [0, 0.1) is 0 Å². The molecular weight excluding hydrogens is 244 g/mol. The number of amides is 1. The lowest BCUT2D eigenvalue weighted by molar-refractivity contribution is -0.122. The lowest BCUT2D eigenvalue weighted by atomic mass is 10.1. The van der Waals surface area contributed by atoms with Crippen molar-refractivity contribution in [3.05, 3.63) is 48.6 Å². The zero-order valence-corrected chi connectivity index (χ0v) is 11.3. The van der Waals surface area contributed by atoms with Gasteiger partial charge in [-0.2, -0.15) is 11.8 Å². The van der Waals surface area contributed by atoms with E-state index in [9.17, 15) is 4.79 Å². The molecule has 3 nitrogen and oxygen atoms in total. The average molecular weight is 264 g/mol. The lowest BCUT2D eigenvalue weighted by Crippen LogP contribution is -2.42. The van der Waals surface area contributed by atoms with Crippen molar-refractivity contribution in [1.29, 1.82) is 0 Å². The highest BCUT2D eigenvalue weighted by Crippen LogP contribution is 2.02. The molecule has 1 amide bonds. The van der Waals surface area contributed by atoms with Gasteiger partial charge in [-0.1, -0.05) is 36.4 Å². The van der Waals surface area contributed by atoms with Crippen LogP contribution in [-0.4, -0.2) is 30.0 Å². The lowest BCUT2D eigenvalue weighted by Gasteiger charge is -2.12. The summed E-state index contributed by atoms with van der Waals surface area (Å²) in [6.07, 6.45) is 2.43. The maximum Gasteiger partial charge on any atom is 0.237 e. The van der Waals surface area contributed by atoms with E-state index in [2.05, 4.69) is 11.9 Å². The molecule has 0 fully saturated rings. The van der Waals surface area contributed by atoms with Gasteiger partial charge < -0.3 is 11.1 Å². The fourth-order valence-electron chi connectivity index (χ4n) is 1.50. The number of rotatable bonds is 8. The molecule has 0 spiro atoms. The van der Waals surface area contributed by atoms with Crippen LogP contribution in [-0.2, 0) is 11.2 Å². The van der Waals surface area contributed by atoms with Gasteiger partial charge in [0, 0.05) is 18.1 Å². The van der Waals surface area contributed by atoms with Crippen LogP contribution in [0.15, 0.2) is 43.0 Å². The second-order valence-electron chi connectivity index (χ2n) is 3.95. The quantitative estimate of drug-likeness (QED) is 0.554. The number of nitrogens with one attached hydrogen (secondary N) is 1. The number of hydrogen-bond donors (Lipinski definition) is 2. The minimum absolute atomic E-state index is 0.0851. The van der Waals surface area contributed by atoms with E-state index in [1.807, 2.05) is 36.4 Å². The second-order valence-corrected chi connectivity index (χ2v) is 5.10. The van der Waals surface area contributed by atoms with Gasteiger partial charge in [0.1, 0.15) is 0 Å². The van der Waals surface area contributed by atoms with Crippen LogP contribution in [0.25, 0.3) is 0 Å². The molecular formula is C14H20N2OS. The van der Waals surface area contributed by atoms with Gasteiger partial charge in [0.05, 0.1) is 6.04 Å². The molecule has 0 aliphatic carbocycles. The first kappa shape index (κ1) is 14.8. The Kier molecular flexibility index (Phi) is 7.22. The molecule has 3 N–H and O–H groups in total. The van der Waals surface area contributed by atoms with Crippen molar-refractivity contribution in [3.8, 4) is 0 Å². The summed E-state index contributed by atoms with van der Waals surface area (Å²) in [7, 11) is 0. The zero-order chi connectivity index (χ0) is 13.2. The van der Waals surface area contributed by atoms with E-state index < -0.39 is 6.04 Å². The molecule has 0 heterocycles. The summed E-state index contributed by atoms with van der Waals surface area (Å²) >= 11 is 1.74. The topological polar surface area (TPSA) is 55.1 Å². The van der Waals surface area contributed by atoms with Gasteiger partial charge in [-0.3, -0.25) is 4.79 Å². The summed E-state index contributed by atoms with van der Waals surface area (Å²) in [6.45, 7) is 4.29. The number of carbonyl (C=O) groups is 1. The maximum atomic E-state index is 11.7. The first-order valence-corrected chi connectivity index (χ1v) is 7.15. The summed E-state index contributed by atoms with van der Waals surface area (Å²) in [5.74, 6) is 1.71. The number of nitrogens with two attached hydrogens (primary N) is 1. The minimum Gasteiger partial charge on any atom is -0.354 e. The molecule has 0 bridgehead atoms. The fourth-order valence-corrected chi connectivity index (χ4v) is 2.08. The van der Waals surface area contributed by atoms with Gasteiger partial charge in [-0.25, -0.2) is 0 Å². The molecule has 0 aliphatic heterocycles. The van der Waals surface area contributed by atoms with E-state index in [0.29, 0.717) is 13.0 Å². The first-order chi connectivity index (χ1) is 8.74. The third kappa shape index (κ3) is 5.89. The second kappa shape index (κ2) is 8.78. The smallest absolute Gasteiger partial charge is 0.237 e. The van der Waals surface area contributed by atoms with E-state index in [0.717, 1.165) is 17.1 Å². The standard InChI is InChI=1S/C14H20N2OS/c1-2-9-18-10-8-16-14(17)13(15)11-12-6-4-3-5-7-12/h2-7,13H,1,8-11,15H2,(H,16,17)/t13-/m1/s1. The van der Waals surface area contributed by atoms with Gasteiger partial charge in [0.2, 0.25) is 5.91 Å². The van der Waals surface area contributed by atoms with E-state index in [1.54, 1.807) is 11.8 Å². The number of hydrogen-bond acceptors (Lipinski definition) is 3. The van der Waals surface area contributed by atoms with E-state index in [-0.39, 0.29) is 5.91 Å². The predicted octanol–water partition coefficient (Wildman–Crippen LogP) is 1.59. The Bertz CT molecular complexity index is 367. The largest absolute Gasteiger partial charge is 0.354 e. The van der Waals surface area contributed by atoms with Crippen LogP contribution in [0.5, 0.6) is 0 Å². The summed E-state index contributed by atoms with van der Waals surface area (Å²) < 4.78 is 0. The zero-order valence-electron chi connectivity index (χ0n) is 10.5. The normalized spacial score (nSPS) is 11.8. The Labute approximate surface area is 113 Å². The predicted molar refractivity (Wildman–Crippen MR) is 78.7 cm³/mol. The van der Waals surface area contributed by atoms with Crippen molar-refractivity contribution >= 4 is 17.7 Å². The molecule has 1 atom stereocenters. The van der Waals surface area contributed by atoms with Crippen molar-refractivity contribution in [3.63, 3.8) is 0 Å². The molecule has 0 saturated heterocycles. The number of thioether (sulfide) groups is 1. The number of benzene rings is 1. The highest BCUT2D eigenvalue weighted by Gasteiger charge is 2.12. The summed E-state index contributed by atoms with van der Waals surface area (Å²) in [4.78, 5) is 11.7. The Morgan fingerprint density at radius 3 is 2.83 bits per heavy atom. The third-order valence-corrected chi connectivity index (χ3v) is 3.38. The van der Waals surface area contributed by atoms with Crippen molar-refractivity contribution < 1.29 is 4.79 Å². The van der Waals surface area contributed by atoms with Crippen LogP contribution in [0.2, 0.25) is 0 Å². The van der Waals surface area contributed by atoms with E-state index >= 15 is 0 Å². The highest BCUT2D eigenvalue weighted by molar-refractivity contribution is 7.99. The van der Waals surface area contributed by atoms with Crippen LogP contribution in [0.3, 0.4) is 0 Å². The molecule has 1 rings (SSSR count). The molecule has 1 aromatic carbocycles. The fraction of sp³-hybridized carbons (Fsp3) is 0.357. The van der Waals surface area contributed by atoms with Crippen molar-refractivity contribution in [1.82, 2.24) is 5.32 Å². The van der Waals surface area contributed by atoms with Gasteiger partial charge in [0.15, 0.2) is 0 Å². The molecule has 0 aromatic heterocycles. The minimum atomic E-state index is -0.475. The Morgan fingerprint density at radius 2 is 2.17 bits per heavy atom. The Hall–Kier alpha value is -1.26. The van der Waals surface area contributed by atoms with E-state index in [4.69, 9.17) is 5.73 Å². The Balaban J connectivity index is 2.23. The van der Waals surface area contributed by atoms with Gasteiger partial charge in [-0.05, 0) is 12.0 Å². The molecule has 1 aromatic rings. The molecule has 18 heavy (non-hydrogen) atoms. The van der Waals surface area contributed by atoms with Crippen LogP contribution in [0.1, 0.15) is 5.56 Å². The van der Waals surface area contributed by atoms with Gasteiger partial charge in [-0.15, -0.1) is 6.58 Å².